The summed E-state index contributed by atoms with van der Waals surface area (Å²) in [6, 6.07) is 1.37. The van der Waals surface area contributed by atoms with Crippen molar-refractivity contribution in [2.45, 2.75) is 18.8 Å². The average molecular weight is 298 g/mol. The topological polar surface area (TPSA) is 63.8 Å². The standard InChI is InChI=1S/C13H10F4N4/c14-6-3-7(15)11(17)12(10(6)16)20-9-4-8(18)19-13(21-9)5-1-2-5/h3-5H,1-2H2,(H3,18,19,20,21). The molecule has 21 heavy (non-hydrogen) atoms. The first-order chi connectivity index (χ1) is 9.95. The molecule has 2 aromatic rings. The minimum absolute atomic E-state index is 0.0211. The Labute approximate surface area is 117 Å². The van der Waals surface area contributed by atoms with Gasteiger partial charge in [0, 0.05) is 18.1 Å². The van der Waals surface area contributed by atoms with Crippen molar-refractivity contribution in [3.8, 4) is 0 Å². The number of hydrogen-bond acceptors (Lipinski definition) is 4. The molecule has 110 valence electrons. The molecule has 0 spiro atoms. The summed E-state index contributed by atoms with van der Waals surface area (Å²) in [6.45, 7) is 0. The summed E-state index contributed by atoms with van der Waals surface area (Å²) in [5.41, 5.74) is 4.64. The Morgan fingerprint density at radius 3 is 2.19 bits per heavy atom. The third-order valence-electron chi connectivity index (χ3n) is 3.07. The van der Waals surface area contributed by atoms with E-state index in [0.717, 1.165) is 12.8 Å². The van der Waals surface area contributed by atoms with E-state index in [1.165, 1.54) is 6.07 Å². The molecule has 1 fully saturated rings. The van der Waals surface area contributed by atoms with Gasteiger partial charge in [-0.05, 0) is 12.8 Å². The summed E-state index contributed by atoms with van der Waals surface area (Å²) in [7, 11) is 0. The molecule has 0 saturated heterocycles. The van der Waals surface area contributed by atoms with Gasteiger partial charge in [0.05, 0.1) is 0 Å². The smallest absolute Gasteiger partial charge is 0.185 e. The van der Waals surface area contributed by atoms with Gasteiger partial charge >= 0.3 is 0 Å². The zero-order valence-corrected chi connectivity index (χ0v) is 10.6. The number of anilines is 3. The largest absolute Gasteiger partial charge is 0.384 e. The zero-order valence-electron chi connectivity index (χ0n) is 10.6. The molecular formula is C13H10F4N4. The maximum absolute atomic E-state index is 13.6. The number of nitrogens with zero attached hydrogens (tertiary/aromatic N) is 2. The van der Waals surface area contributed by atoms with Gasteiger partial charge in [0.15, 0.2) is 23.3 Å². The zero-order chi connectivity index (χ0) is 15.1. The highest BCUT2D eigenvalue weighted by Gasteiger charge is 2.27. The fourth-order valence-electron chi connectivity index (χ4n) is 1.88. The Kier molecular flexibility index (Phi) is 3.15. The van der Waals surface area contributed by atoms with Crippen LogP contribution in [-0.2, 0) is 0 Å². The van der Waals surface area contributed by atoms with E-state index in [0.29, 0.717) is 5.82 Å². The highest BCUT2D eigenvalue weighted by atomic mass is 19.2. The summed E-state index contributed by atoms with van der Waals surface area (Å²) >= 11 is 0. The van der Waals surface area contributed by atoms with Crippen LogP contribution in [-0.4, -0.2) is 9.97 Å². The summed E-state index contributed by atoms with van der Waals surface area (Å²) in [5.74, 6) is -5.37. The second kappa shape index (κ2) is 4.87. The van der Waals surface area contributed by atoms with Crippen molar-refractivity contribution < 1.29 is 17.6 Å². The third kappa shape index (κ3) is 2.61. The van der Waals surface area contributed by atoms with Gasteiger partial charge in [-0.15, -0.1) is 0 Å². The first-order valence-corrected chi connectivity index (χ1v) is 6.20. The van der Waals surface area contributed by atoms with E-state index < -0.39 is 29.0 Å². The van der Waals surface area contributed by atoms with Crippen molar-refractivity contribution in [2.75, 3.05) is 11.1 Å². The predicted octanol–water partition coefficient (Wildman–Crippen LogP) is 3.24. The second-order valence-electron chi connectivity index (χ2n) is 4.78. The molecule has 3 rings (SSSR count). The van der Waals surface area contributed by atoms with Crippen LogP contribution in [0.1, 0.15) is 24.6 Å². The number of nitrogen functional groups attached to an aromatic ring is 1. The van der Waals surface area contributed by atoms with Crippen molar-refractivity contribution in [1.82, 2.24) is 9.97 Å². The fraction of sp³-hybridized carbons (Fsp3) is 0.231. The molecule has 0 atom stereocenters. The van der Waals surface area contributed by atoms with Crippen LogP contribution in [0.5, 0.6) is 0 Å². The first-order valence-electron chi connectivity index (χ1n) is 6.20. The van der Waals surface area contributed by atoms with Gasteiger partial charge in [0.2, 0.25) is 0 Å². The highest BCUT2D eigenvalue weighted by Crippen LogP contribution is 2.39. The van der Waals surface area contributed by atoms with E-state index in [-0.39, 0.29) is 23.6 Å². The Morgan fingerprint density at radius 1 is 1.00 bits per heavy atom. The average Bonchev–Trinajstić information content (AvgIpc) is 3.25. The number of nitrogens with two attached hydrogens (primary N) is 1. The monoisotopic (exact) mass is 298 g/mol. The third-order valence-corrected chi connectivity index (χ3v) is 3.07. The molecule has 1 aliphatic rings. The van der Waals surface area contributed by atoms with Crippen molar-refractivity contribution >= 4 is 17.3 Å². The van der Waals surface area contributed by atoms with E-state index in [1.807, 2.05) is 0 Å². The Hall–Kier alpha value is -2.38. The number of halogens is 4. The highest BCUT2D eigenvalue weighted by molar-refractivity contribution is 5.60. The van der Waals surface area contributed by atoms with Gasteiger partial charge < -0.3 is 11.1 Å². The first kappa shape index (κ1) is 13.6. The molecule has 1 saturated carbocycles. The fourth-order valence-corrected chi connectivity index (χ4v) is 1.88. The lowest BCUT2D eigenvalue weighted by Crippen LogP contribution is -2.07. The van der Waals surface area contributed by atoms with Crippen molar-refractivity contribution in [2.24, 2.45) is 0 Å². The molecule has 1 heterocycles. The maximum atomic E-state index is 13.6. The Morgan fingerprint density at radius 2 is 1.62 bits per heavy atom. The van der Waals surface area contributed by atoms with Crippen LogP contribution in [0.3, 0.4) is 0 Å². The van der Waals surface area contributed by atoms with Crippen LogP contribution >= 0.6 is 0 Å². The maximum Gasteiger partial charge on any atom is 0.185 e. The molecule has 3 N–H and O–H groups in total. The molecule has 1 aliphatic carbocycles. The van der Waals surface area contributed by atoms with Gasteiger partial charge in [0.25, 0.3) is 0 Å². The van der Waals surface area contributed by atoms with Gasteiger partial charge in [0.1, 0.15) is 23.1 Å². The van der Waals surface area contributed by atoms with Crippen molar-refractivity contribution in [1.29, 1.82) is 0 Å². The lowest BCUT2D eigenvalue weighted by atomic mass is 10.2. The van der Waals surface area contributed by atoms with E-state index in [4.69, 9.17) is 5.73 Å². The molecule has 0 amide bonds. The van der Waals surface area contributed by atoms with Crippen molar-refractivity contribution in [3.63, 3.8) is 0 Å². The molecule has 0 radical (unpaired) electrons. The van der Waals surface area contributed by atoms with E-state index in [9.17, 15) is 17.6 Å². The number of hydrogen-bond donors (Lipinski definition) is 2. The quantitative estimate of drug-likeness (QED) is 0.674. The van der Waals surface area contributed by atoms with Gasteiger partial charge in [-0.25, -0.2) is 27.5 Å². The number of benzene rings is 1. The van der Waals surface area contributed by atoms with Gasteiger partial charge in [-0.3, -0.25) is 0 Å². The van der Waals surface area contributed by atoms with Crippen LogP contribution in [0.4, 0.5) is 34.9 Å². The molecule has 0 bridgehead atoms. The minimum Gasteiger partial charge on any atom is -0.384 e. The van der Waals surface area contributed by atoms with E-state index >= 15 is 0 Å². The number of aromatic nitrogens is 2. The SMILES string of the molecule is Nc1cc(Nc2c(F)c(F)cc(F)c2F)nc(C2CC2)n1. The van der Waals surface area contributed by atoms with Crippen LogP contribution < -0.4 is 11.1 Å². The Bertz CT molecular complexity index is 690. The molecule has 0 unspecified atom stereocenters. The number of nitrogens with one attached hydrogen (secondary N) is 1. The second-order valence-corrected chi connectivity index (χ2v) is 4.78. The summed E-state index contributed by atoms with van der Waals surface area (Å²) in [6.07, 6.45) is 1.81. The lowest BCUT2D eigenvalue weighted by molar-refractivity contribution is 0.459. The van der Waals surface area contributed by atoms with Crippen molar-refractivity contribution in [3.05, 3.63) is 41.2 Å². The molecule has 4 nitrogen and oxygen atoms in total. The summed E-state index contributed by atoms with van der Waals surface area (Å²) in [5, 5.41) is 2.22. The lowest BCUT2D eigenvalue weighted by Gasteiger charge is -2.10. The minimum atomic E-state index is -1.53. The Balaban J connectivity index is 2.00. The molecule has 0 aliphatic heterocycles. The molecule has 1 aromatic heterocycles. The van der Waals surface area contributed by atoms with Gasteiger partial charge in [-0.2, -0.15) is 0 Å². The molecule has 1 aromatic carbocycles. The molecular weight excluding hydrogens is 288 g/mol. The normalized spacial score (nSPS) is 14.3. The van der Waals surface area contributed by atoms with E-state index in [1.54, 1.807) is 0 Å². The number of rotatable bonds is 3. The van der Waals surface area contributed by atoms with Gasteiger partial charge in [-0.1, -0.05) is 0 Å². The predicted molar refractivity (Wildman–Crippen MR) is 68.0 cm³/mol. The van der Waals surface area contributed by atoms with Crippen LogP contribution in [0.15, 0.2) is 12.1 Å². The molecule has 8 heteroatoms. The van der Waals surface area contributed by atoms with Crippen LogP contribution in [0.2, 0.25) is 0 Å². The van der Waals surface area contributed by atoms with Crippen LogP contribution in [0.25, 0.3) is 0 Å². The van der Waals surface area contributed by atoms with E-state index in [2.05, 4.69) is 15.3 Å². The summed E-state index contributed by atoms with van der Waals surface area (Å²) in [4.78, 5) is 8.06. The summed E-state index contributed by atoms with van der Waals surface area (Å²) < 4.78 is 53.4. The van der Waals surface area contributed by atoms with Crippen LogP contribution in [0, 0.1) is 23.3 Å².